The predicted octanol–water partition coefficient (Wildman–Crippen LogP) is 3.64. The molecule has 0 spiro atoms. The van der Waals surface area contributed by atoms with Crippen LogP contribution in [0.25, 0.3) is 9.88 Å². The number of aryl methyl sites for hydroxylation is 1. The van der Waals surface area contributed by atoms with E-state index in [0.29, 0.717) is 12.5 Å². The van der Waals surface area contributed by atoms with Crippen molar-refractivity contribution in [1.82, 2.24) is 9.88 Å². The Labute approximate surface area is 142 Å². The number of amides is 1. The molecule has 1 aliphatic rings. The van der Waals surface area contributed by atoms with Crippen molar-refractivity contribution in [3.63, 3.8) is 0 Å². The number of hydrogen-bond acceptors (Lipinski definition) is 5. The fraction of sp³-hybridized carbons (Fsp3) is 0.467. The topological polar surface area (TPSA) is 59.2 Å². The molecule has 0 unspecified atom stereocenters. The largest absolute Gasteiger partial charge is 0.338 e. The van der Waals surface area contributed by atoms with E-state index in [9.17, 15) is 4.79 Å². The number of thiophene rings is 1. The average molecular weight is 356 g/mol. The van der Waals surface area contributed by atoms with Crippen molar-refractivity contribution in [2.45, 2.75) is 19.8 Å². The molecule has 0 radical (unpaired) electrons. The van der Waals surface area contributed by atoms with E-state index in [1.54, 1.807) is 0 Å². The van der Waals surface area contributed by atoms with Crippen LogP contribution in [0.2, 0.25) is 4.34 Å². The first-order valence-electron chi connectivity index (χ1n) is 7.31. The Kier molecular flexibility index (Phi) is 4.82. The first-order chi connectivity index (χ1) is 10.6. The normalized spacial score (nSPS) is 16.2. The van der Waals surface area contributed by atoms with E-state index in [-0.39, 0.29) is 5.91 Å². The molecule has 0 saturated carbocycles. The molecule has 118 valence electrons. The van der Waals surface area contributed by atoms with Crippen LogP contribution < -0.4 is 5.73 Å². The van der Waals surface area contributed by atoms with E-state index in [0.717, 1.165) is 50.7 Å². The van der Waals surface area contributed by atoms with Crippen molar-refractivity contribution in [3.8, 4) is 9.88 Å². The van der Waals surface area contributed by atoms with Crippen molar-refractivity contribution in [3.05, 3.63) is 27.0 Å². The zero-order valence-electron chi connectivity index (χ0n) is 12.3. The zero-order chi connectivity index (χ0) is 15.7. The molecule has 0 bridgehead atoms. The smallest absolute Gasteiger partial charge is 0.265 e. The molecule has 1 fully saturated rings. The fourth-order valence-electron chi connectivity index (χ4n) is 2.64. The third-order valence-electron chi connectivity index (χ3n) is 4.01. The third kappa shape index (κ3) is 3.20. The molecule has 4 nitrogen and oxygen atoms in total. The lowest BCUT2D eigenvalue weighted by molar-refractivity contribution is 0.0697. The van der Waals surface area contributed by atoms with Gasteiger partial charge in [-0.15, -0.1) is 22.7 Å². The number of aromatic nitrogens is 1. The number of carbonyl (C=O) groups is 1. The fourth-order valence-corrected chi connectivity index (χ4v) is 4.78. The summed E-state index contributed by atoms with van der Waals surface area (Å²) in [7, 11) is 0. The van der Waals surface area contributed by atoms with Gasteiger partial charge in [0.05, 0.1) is 14.9 Å². The van der Waals surface area contributed by atoms with E-state index >= 15 is 0 Å². The average Bonchev–Trinajstić information content (AvgIpc) is 3.12. The summed E-state index contributed by atoms with van der Waals surface area (Å²) in [6, 6.07) is 3.81. The Hall–Kier alpha value is -0.950. The minimum absolute atomic E-state index is 0.0966. The maximum absolute atomic E-state index is 12.7. The number of nitrogens with two attached hydrogens (primary N) is 1. The maximum atomic E-state index is 12.7. The van der Waals surface area contributed by atoms with Crippen LogP contribution in [0.3, 0.4) is 0 Å². The number of carbonyl (C=O) groups excluding carboxylic acids is 1. The monoisotopic (exact) mass is 355 g/mol. The first kappa shape index (κ1) is 15.9. The molecular formula is C15H18ClN3OS2. The quantitative estimate of drug-likeness (QED) is 0.914. The lowest BCUT2D eigenvalue weighted by atomic mass is 9.97. The molecule has 0 atom stereocenters. The van der Waals surface area contributed by atoms with Gasteiger partial charge >= 0.3 is 0 Å². The second-order valence-corrected chi connectivity index (χ2v) is 8.22. The summed E-state index contributed by atoms with van der Waals surface area (Å²) in [6.45, 7) is 4.19. The number of nitrogens with zero attached hydrogens (tertiary/aromatic N) is 2. The van der Waals surface area contributed by atoms with Gasteiger partial charge in [-0.25, -0.2) is 4.98 Å². The summed E-state index contributed by atoms with van der Waals surface area (Å²) >= 11 is 8.93. The van der Waals surface area contributed by atoms with Gasteiger partial charge in [-0.05, 0) is 44.4 Å². The highest BCUT2D eigenvalue weighted by Gasteiger charge is 2.26. The van der Waals surface area contributed by atoms with E-state index in [1.807, 2.05) is 24.0 Å². The number of piperidine rings is 1. The van der Waals surface area contributed by atoms with Crippen LogP contribution in [0.4, 0.5) is 0 Å². The number of rotatable bonds is 3. The highest BCUT2D eigenvalue weighted by Crippen LogP contribution is 2.35. The summed E-state index contributed by atoms with van der Waals surface area (Å²) in [5, 5.41) is 0.870. The van der Waals surface area contributed by atoms with E-state index in [4.69, 9.17) is 17.3 Å². The van der Waals surface area contributed by atoms with Gasteiger partial charge in [0.15, 0.2) is 0 Å². The molecule has 1 saturated heterocycles. The summed E-state index contributed by atoms with van der Waals surface area (Å²) in [4.78, 5) is 20.9. The highest BCUT2D eigenvalue weighted by molar-refractivity contribution is 7.24. The van der Waals surface area contributed by atoms with Crippen LogP contribution in [0.15, 0.2) is 12.1 Å². The van der Waals surface area contributed by atoms with Crippen LogP contribution >= 0.6 is 34.3 Å². The van der Waals surface area contributed by atoms with E-state index < -0.39 is 0 Å². The Morgan fingerprint density at radius 2 is 2.14 bits per heavy atom. The van der Waals surface area contributed by atoms with Crippen LogP contribution in [0.1, 0.15) is 28.2 Å². The summed E-state index contributed by atoms with van der Waals surface area (Å²) in [5.74, 6) is 0.648. The van der Waals surface area contributed by atoms with Gasteiger partial charge < -0.3 is 10.6 Å². The number of thiazole rings is 1. The molecule has 0 aromatic carbocycles. The van der Waals surface area contributed by atoms with Crippen molar-refractivity contribution >= 4 is 40.2 Å². The van der Waals surface area contributed by atoms with Gasteiger partial charge in [0.25, 0.3) is 5.91 Å². The van der Waals surface area contributed by atoms with Crippen LogP contribution in [0.5, 0.6) is 0 Å². The standard InChI is InChI=1S/C15H18ClN3OS2/c1-9-13(15(20)19-6-4-10(8-17)5-7-19)22-14(18-9)11-2-3-12(16)21-11/h2-3,10H,4-8,17H2,1H3. The molecule has 7 heteroatoms. The van der Waals surface area contributed by atoms with Gasteiger partial charge in [-0.1, -0.05) is 11.6 Å². The minimum atomic E-state index is 0.0966. The van der Waals surface area contributed by atoms with Crippen molar-refractivity contribution in [1.29, 1.82) is 0 Å². The highest BCUT2D eigenvalue weighted by atomic mass is 35.5. The van der Waals surface area contributed by atoms with Crippen LogP contribution in [-0.4, -0.2) is 35.4 Å². The number of likely N-dealkylation sites (tertiary alicyclic amines) is 1. The molecule has 3 rings (SSSR count). The lowest BCUT2D eigenvalue weighted by Crippen LogP contribution is -2.40. The Bertz CT molecular complexity index is 674. The van der Waals surface area contributed by atoms with E-state index in [2.05, 4.69) is 4.98 Å². The molecule has 22 heavy (non-hydrogen) atoms. The maximum Gasteiger partial charge on any atom is 0.265 e. The molecule has 2 aromatic heterocycles. The molecule has 1 amide bonds. The van der Waals surface area contributed by atoms with Crippen LogP contribution in [0, 0.1) is 12.8 Å². The molecule has 2 aromatic rings. The van der Waals surface area contributed by atoms with Crippen molar-refractivity contribution in [2.24, 2.45) is 11.7 Å². The molecule has 1 aliphatic heterocycles. The van der Waals surface area contributed by atoms with E-state index in [1.165, 1.54) is 22.7 Å². The Balaban J connectivity index is 1.77. The van der Waals surface area contributed by atoms with Gasteiger partial charge in [0, 0.05) is 13.1 Å². The SMILES string of the molecule is Cc1nc(-c2ccc(Cl)s2)sc1C(=O)N1CCC(CN)CC1. The van der Waals surface area contributed by atoms with Gasteiger partial charge in [-0.2, -0.15) is 0 Å². The summed E-state index contributed by atoms with van der Waals surface area (Å²) < 4.78 is 0.736. The molecule has 3 heterocycles. The van der Waals surface area contributed by atoms with Crippen LogP contribution in [-0.2, 0) is 0 Å². The first-order valence-corrected chi connectivity index (χ1v) is 9.32. The zero-order valence-corrected chi connectivity index (χ0v) is 14.7. The summed E-state index contributed by atoms with van der Waals surface area (Å²) in [6.07, 6.45) is 1.99. The van der Waals surface area contributed by atoms with Gasteiger partial charge in [-0.3, -0.25) is 4.79 Å². The third-order valence-corrected chi connectivity index (χ3v) is 6.56. The minimum Gasteiger partial charge on any atom is -0.338 e. The van der Waals surface area contributed by atoms with Crippen molar-refractivity contribution in [2.75, 3.05) is 19.6 Å². The van der Waals surface area contributed by atoms with Crippen molar-refractivity contribution < 1.29 is 4.79 Å². The van der Waals surface area contributed by atoms with Gasteiger partial charge in [0.2, 0.25) is 0 Å². The molecule has 0 aliphatic carbocycles. The van der Waals surface area contributed by atoms with Gasteiger partial charge in [0.1, 0.15) is 9.88 Å². The number of halogens is 1. The second-order valence-electron chi connectivity index (χ2n) is 5.51. The summed E-state index contributed by atoms with van der Waals surface area (Å²) in [5.41, 5.74) is 6.51. The number of hydrogen-bond donors (Lipinski definition) is 1. The molecular weight excluding hydrogens is 338 g/mol. The Morgan fingerprint density at radius 3 is 2.73 bits per heavy atom. The Morgan fingerprint density at radius 1 is 1.41 bits per heavy atom. The lowest BCUT2D eigenvalue weighted by Gasteiger charge is -2.31. The second kappa shape index (κ2) is 6.66. The molecule has 2 N–H and O–H groups in total. The predicted molar refractivity (Wildman–Crippen MR) is 92.9 cm³/mol.